The summed E-state index contributed by atoms with van der Waals surface area (Å²) >= 11 is 0. The molecule has 44 heavy (non-hydrogen) atoms. The number of amides is 3. The average Bonchev–Trinajstić information content (AvgIpc) is 3.63. The number of likely N-dealkylation sites (tertiary alicyclic amines) is 1. The number of aliphatic hydroxyl groups excluding tert-OH is 1. The molecular weight excluding hydrogens is 554 g/mol. The van der Waals surface area contributed by atoms with Crippen molar-refractivity contribution in [1.29, 1.82) is 0 Å². The van der Waals surface area contributed by atoms with Crippen molar-refractivity contribution in [3.05, 3.63) is 61.2 Å². The van der Waals surface area contributed by atoms with E-state index in [1.165, 1.54) is 0 Å². The largest absolute Gasteiger partial charge is 0.396 e. The Labute approximate surface area is 264 Å². The molecule has 3 saturated heterocycles. The third kappa shape index (κ3) is 6.25. The van der Waals surface area contributed by atoms with Crippen molar-refractivity contribution in [3.63, 3.8) is 0 Å². The fourth-order valence-corrected chi connectivity index (χ4v) is 8.11. The van der Waals surface area contributed by atoms with Crippen molar-refractivity contribution in [3.8, 4) is 0 Å². The lowest BCUT2D eigenvalue weighted by atomic mass is 9.64. The zero-order valence-electron chi connectivity index (χ0n) is 27.1. The summed E-state index contributed by atoms with van der Waals surface area (Å²) in [6.07, 6.45) is 10.2. The number of aliphatic hydroxyl groups is 1. The van der Waals surface area contributed by atoms with Gasteiger partial charge in [-0.1, -0.05) is 75.6 Å². The van der Waals surface area contributed by atoms with Crippen LogP contribution in [0.2, 0.25) is 0 Å². The van der Waals surface area contributed by atoms with Crippen LogP contribution >= 0.6 is 0 Å². The van der Waals surface area contributed by atoms with Crippen LogP contribution in [0.1, 0.15) is 84.1 Å². The Morgan fingerprint density at radius 3 is 2.41 bits per heavy atom. The van der Waals surface area contributed by atoms with Gasteiger partial charge in [-0.25, -0.2) is 0 Å². The van der Waals surface area contributed by atoms with Gasteiger partial charge >= 0.3 is 0 Å². The molecule has 3 fully saturated rings. The van der Waals surface area contributed by atoms with Gasteiger partial charge in [0.15, 0.2) is 0 Å². The molecule has 3 unspecified atom stereocenters. The number of fused-ring (bicyclic) bond motifs is 1. The van der Waals surface area contributed by atoms with Gasteiger partial charge in [0.1, 0.15) is 11.6 Å². The molecule has 3 amide bonds. The Balaban J connectivity index is 1.74. The Morgan fingerprint density at radius 2 is 1.77 bits per heavy atom. The highest BCUT2D eigenvalue weighted by Crippen LogP contribution is 2.64. The van der Waals surface area contributed by atoms with E-state index in [0.717, 1.165) is 37.7 Å². The second kappa shape index (κ2) is 14.9. The summed E-state index contributed by atoms with van der Waals surface area (Å²) in [5.41, 5.74) is -0.835. The maximum Gasteiger partial charge on any atom is 0.248 e. The predicted octanol–water partition coefficient (Wildman–Crippen LogP) is 5.11. The number of unbranched alkanes of at least 4 members (excludes halogenated alkanes) is 3. The molecule has 3 heterocycles. The topological polar surface area (TPSA) is 90.4 Å². The number of nitrogens with zero attached hydrogens (tertiary/aromatic N) is 3. The van der Waals surface area contributed by atoms with Crippen molar-refractivity contribution in [2.75, 3.05) is 26.2 Å². The highest BCUT2D eigenvalue weighted by molar-refractivity contribution is 5.99. The Kier molecular flexibility index (Phi) is 11.5. The first-order chi connectivity index (χ1) is 21.2. The molecule has 1 aromatic carbocycles. The lowest BCUT2D eigenvalue weighted by Crippen LogP contribution is -2.58. The third-order valence-corrected chi connectivity index (χ3v) is 10.2. The minimum absolute atomic E-state index is 0.0208. The van der Waals surface area contributed by atoms with Crippen LogP contribution in [-0.4, -0.2) is 87.1 Å². The number of ether oxygens (including phenoxy) is 1. The van der Waals surface area contributed by atoms with Crippen molar-refractivity contribution in [2.45, 2.75) is 108 Å². The van der Waals surface area contributed by atoms with Crippen LogP contribution in [0, 0.1) is 11.8 Å². The monoisotopic (exact) mass is 607 g/mol. The SMILES string of the molecule is C=CCN(Cc1ccccc1)C(=O)[C@H]1[C@H]2C(=O)N(CCCCCCO)C(C(=O)N(CC=C)C(C)CCC)C23CC[C@]1(CC)O3. The maximum absolute atomic E-state index is 14.7. The Hall–Kier alpha value is -2.97. The normalized spacial score (nSPS) is 27.7. The smallest absolute Gasteiger partial charge is 0.248 e. The first kappa shape index (κ1) is 33.9. The molecule has 0 aliphatic carbocycles. The number of hydrogen-bond donors (Lipinski definition) is 1. The van der Waals surface area contributed by atoms with Crippen LogP contribution in [0.4, 0.5) is 0 Å². The van der Waals surface area contributed by atoms with Crippen molar-refractivity contribution >= 4 is 17.7 Å². The molecule has 3 aliphatic heterocycles. The van der Waals surface area contributed by atoms with Crippen molar-refractivity contribution in [1.82, 2.24) is 14.7 Å². The minimum atomic E-state index is -1.05. The molecule has 0 saturated carbocycles. The van der Waals surface area contributed by atoms with E-state index in [2.05, 4.69) is 27.0 Å². The second-order valence-electron chi connectivity index (χ2n) is 12.9. The average molecular weight is 608 g/mol. The van der Waals surface area contributed by atoms with E-state index in [-0.39, 0.29) is 30.4 Å². The Morgan fingerprint density at radius 1 is 1.07 bits per heavy atom. The molecule has 2 bridgehead atoms. The van der Waals surface area contributed by atoms with Crippen LogP contribution in [0.25, 0.3) is 0 Å². The van der Waals surface area contributed by atoms with Gasteiger partial charge in [0.2, 0.25) is 17.7 Å². The van der Waals surface area contributed by atoms with Gasteiger partial charge in [-0.15, -0.1) is 13.2 Å². The summed E-state index contributed by atoms with van der Waals surface area (Å²) in [5, 5.41) is 9.24. The molecule has 3 aliphatic rings. The fourth-order valence-electron chi connectivity index (χ4n) is 8.11. The zero-order valence-corrected chi connectivity index (χ0v) is 27.1. The molecule has 4 rings (SSSR count). The molecule has 8 nitrogen and oxygen atoms in total. The summed E-state index contributed by atoms with van der Waals surface area (Å²) in [6.45, 7) is 15.7. The van der Waals surface area contributed by atoms with Gasteiger partial charge in [0.05, 0.1) is 17.4 Å². The van der Waals surface area contributed by atoms with E-state index in [4.69, 9.17) is 4.74 Å². The molecule has 0 radical (unpaired) electrons. The number of carbonyl (C=O) groups excluding carboxylic acids is 3. The predicted molar refractivity (Wildman–Crippen MR) is 172 cm³/mol. The van der Waals surface area contributed by atoms with E-state index in [1.807, 2.05) is 42.2 Å². The van der Waals surface area contributed by atoms with Crippen molar-refractivity contribution in [2.24, 2.45) is 11.8 Å². The molecular formula is C36H53N3O5. The molecule has 1 aromatic rings. The quantitative estimate of drug-likeness (QED) is 0.185. The lowest BCUT2D eigenvalue weighted by molar-refractivity contribution is -0.156. The van der Waals surface area contributed by atoms with E-state index in [0.29, 0.717) is 51.9 Å². The lowest BCUT2D eigenvalue weighted by Gasteiger charge is -2.39. The summed E-state index contributed by atoms with van der Waals surface area (Å²) in [6, 6.07) is 9.05. The highest BCUT2D eigenvalue weighted by atomic mass is 16.5. The van der Waals surface area contributed by atoms with Gasteiger partial charge in [0.25, 0.3) is 0 Å². The summed E-state index contributed by atoms with van der Waals surface area (Å²) in [7, 11) is 0. The molecule has 6 atom stereocenters. The van der Waals surface area contributed by atoms with E-state index in [9.17, 15) is 19.5 Å². The van der Waals surface area contributed by atoms with Crippen LogP contribution in [0.5, 0.6) is 0 Å². The van der Waals surface area contributed by atoms with E-state index >= 15 is 0 Å². The van der Waals surface area contributed by atoms with E-state index < -0.39 is 29.1 Å². The molecule has 1 N–H and O–H groups in total. The van der Waals surface area contributed by atoms with Gasteiger partial charge in [-0.3, -0.25) is 14.4 Å². The number of carbonyl (C=O) groups is 3. The van der Waals surface area contributed by atoms with Crippen LogP contribution in [0.15, 0.2) is 55.6 Å². The number of benzene rings is 1. The van der Waals surface area contributed by atoms with Crippen LogP contribution in [-0.2, 0) is 25.7 Å². The molecule has 8 heteroatoms. The van der Waals surface area contributed by atoms with E-state index in [1.54, 1.807) is 22.0 Å². The third-order valence-electron chi connectivity index (χ3n) is 10.2. The van der Waals surface area contributed by atoms with Crippen molar-refractivity contribution < 1.29 is 24.2 Å². The number of rotatable bonds is 18. The first-order valence-corrected chi connectivity index (χ1v) is 16.7. The van der Waals surface area contributed by atoms with Crippen LogP contribution < -0.4 is 0 Å². The summed E-state index contributed by atoms with van der Waals surface area (Å²) < 4.78 is 7.04. The highest BCUT2D eigenvalue weighted by Gasteiger charge is 2.79. The van der Waals surface area contributed by atoms with Crippen LogP contribution in [0.3, 0.4) is 0 Å². The zero-order chi connectivity index (χ0) is 31.9. The fraction of sp³-hybridized carbons (Fsp3) is 0.639. The molecule has 242 valence electrons. The van der Waals surface area contributed by atoms with Gasteiger partial charge in [-0.2, -0.15) is 0 Å². The van der Waals surface area contributed by atoms with Gasteiger partial charge in [0, 0.05) is 38.8 Å². The summed E-state index contributed by atoms with van der Waals surface area (Å²) in [5.74, 6) is -1.74. The molecule has 0 aromatic heterocycles. The summed E-state index contributed by atoms with van der Waals surface area (Å²) in [4.78, 5) is 49.3. The molecule has 1 spiro atoms. The minimum Gasteiger partial charge on any atom is -0.396 e. The van der Waals surface area contributed by atoms with Gasteiger partial charge < -0.3 is 24.5 Å². The number of hydrogen-bond acceptors (Lipinski definition) is 5. The second-order valence-corrected chi connectivity index (χ2v) is 12.9. The van der Waals surface area contributed by atoms with Gasteiger partial charge in [-0.05, 0) is 51.0 Å². The standard InChI is InChI=1S/C36H53N3O5/c1-6-17-27(5)38(23-8-3)34(43)31-36-21-20-35(9-4,44-36)29(30(36)33(42)39(31)24-15-10-11-16-25-40)32(41)37(22-7-2)26-28-18-13-12-14-19-28/h7-8,12-14,18-19,27,29-31,40H,2-3,6,9-11,15-17,20-26H2,1,4-5H3/t27?,29-,30+,31?,35+,36?/m1/s1. The Bertz CT molecular complexity index is 1170. The maximum atomic E-state index is 14.7. The first-order valence-electron chi connectivity index (χ1n) is 16.7.